The van der Waals surface area contributed by atoms with Gasteiger partial charge in [-0.2, -0.15) is 0 Å². The molecule has 24 heavy (non-hydrogen) atoms. The van der Waals surface area contributed by atoms with E-state index in [0.29, 0.717) is 12.4 Å². The standard InChI is InChI=1S/C18H18N4OS/c1-12-11-24-16(19-12)10-22-8-7-15-14(9-22)18(23)21-17(20-15)13-5-3-2-4-6-13/h2-6,11H,7-10H2,1H3,(H,20,21,23). The van der Waals surface area contributed by atoms with Gasteiger partial charge in [-0.25, -0.2) is 9.97 Å². The highest BCUT2D eigenvalue weighted by Crippen LogP contribution is 2.20. The lowest BCUT2D eigenvalue weighted by Gasteiger charge is -2.26. The van der Waals surface area contributed by atoms with Crippen molar-refractivity contribution >= 4 is 11.3 Å². The van der Waals surface area contributed by atoms with Crippen LogP contribution in [0.5, 0.6) is 0 Å². The Bertz CT molecular complexity index is 916. The summed E-state index contributed by atoms with van der Waals surface area (Å²) >= 11 is 1.67. The van der Waals surface area contributed by atoms with Gasteiger partial charge in [0.2, 0.25) is 0 Å². The summed E-state index contributed by atoms with van der Waals surface area (Å²) < 4.78 is 0. The third-order valence-corrected chi connectivity index (χ3v) is 5.17. The van der Waals surface area contributed by atoms with E-state index in [-0.39, 0.29) is 5.56 Å². The lowest BCUT2D eigenvalue weighted by atomic mass is 10.1. The fraction of sp³-hybridized carbons (Fsp3) is 0.278. The number of hydrogen-bond acceptors (Lipinski definition) is 5. The van der Waals surface area contributed by atoms with Gasteiger partial charge in [-0.3, -0.25) is 9.69 Å². The lowest BCUT2D eigenvalue weighted by molar-refractivity contribution is 0.241. The molecule has 122 valence electrons. The average Bonchev–Trinajstić information content (AvgIpc) is 3.01. The summed E-state index contributed by atoms with van der Waals surface area (Å²) in [5.74, 6) is 0.656. The van der Waals surface area contributed by atoms with Crippen LogP contribution in [0.4, 0.5) is 0 Å². The number of benzene rings is 1. The maximum atomic E-state index is 12.5. The molecule has 1 N–H and O–H groups in total. The molecule has 2 aromatic heterocycles. The zero-order valence-electron chi connectivity index (χ0n) is 13.5. The van der Waals surface area contributed by atoms with E-state index >= 15 is 0 Å². The van der Waals surface area contributed by atoms with Gasteiger partial charge in [-0.15, -0.1) is 11.3 Å². The molecule has 3 aromatic rings. The van der Waals surface area contributed by atoms with E-state index in [1.807, 2.05) is 37.3 Å². The second-order valence-electron chi connectivity index (χ2n) is 6.05. The number of aryl methyl sites for hydroxylation is 1. The molecule has 1 aromatic carbocycles. The van der Waals surface area contributed by atoms with Gasteiger partial charge in [0.15, 0.2) is 0 Å². The van der Waals surface area contributed by atoms with Gasteiger partial charge >= 0.3 is 0 Å². The topological polar surface area (TPSA) is 61.9 Å². The molecule has 6 heteroatoms. The molecule has 4 rings (SSSR count). The molecule has 5 nitrogen and oxygen atoms in total. The molecular weight excluding hydrogens is 320 g/mol. The number of hydrogen-bond donors (Lipinski definition) is 1. The van der Waals surface area contributed by atoms with Crippen LogP contribution in [-0.4, -0.2) is 26.4 Å². The fourth-order valence-corrected chi connectivity index (χ4v) is 3.83. The molecule has 0 amide bonds. The van der Waals surface area contributed by atoms with Crippen molar-refractivity contribution in [2.75, 3.05) is 6.54 Å². The van der Waals surface area contributed by atoms with E-state index in [1.54, 1.807) is 11.3 Å². The Labute approximate surface area is 144 Å². The smallest absolute Gasteiger partial charge is 0.255 e. The van der Waals surface area contributed by atoms with E-state index < -0.39 is 0 Å². The predicted molar refractivity (Wildman–Crippen MR) is 95.0 cm³/mol. The van der Waals surface area contributed by atoms with Crippen molar-refractivity contribution < 1.29 is 0 Å². The van der Waals surface area contributed by atoms with Gasteiger partial charge in [-0.1, -0.05) is 30.3 Å². The molecule has 0 atom stereocenters. The Balaban J connectivity index is 1.59. The SMILES string of the molecule is Cc1csc(CN2CCc3nc(-c4ccccc4)[nH]c(=O)c3C2)n1. The molecule has 0 saturated heterocycles. The van der Waals surface area contributed by atoms with Gasteiger partial charge in [0, 0.05) is 36.1 Å². The highest BCUT2D eigenvalue weighted by atomic mass is 32.1. The van der Waals surface area contributed by atoms with E-state index in [4.69, 9.17) is 4.98 Å². The number of aromatic amines is 1. The summed E-state index contributed by atoms with van der Waals surface area (Å²) in [5, 5.41) is 3.16. The van der Waals surface area contributed by atoms with E-state index in [9.17, 15) is 4.79 Å². The first-order valence-corrected chi connectivity index (χ1v) is 8.88. The number of aromatic nitrogens is 3. The monoisotopic (exact) mass is 338 g/mol. The summed E-state index contributed by atoms with van der Waals surface area (Å²) in [6.45, 7) is 4.32. The minimum atomic E-state index is -0.0288. The molecule has 0 bridgehead atoms. The number of rotatable bonds is 3. The van der Waals surface area contributed by atoms with Crippen LogP contribution in [-0.2, 0) is 19.5 Å². The Morgan fingerprint density at radius 3 is 2.83 bits per heavy atom. The molecular formula is C18H18N4OS. The molecule has 0 radical (unpaired) electrons. The Morgan fingerprint density at radius 1 is 1.25 bits per heavy atom. The molecule has 0 unspecified atom stereocenters. The molecule has 1 aliphatic heterocycles. The van der Waals surface area contributed by atoms with E-state index in [2.05, 4.69) is 20.2 Å². The molecule has 1 aliphatic rings. The van der Waals surface area contributed by atoms with Crippen LogP contribution < -0.4 is 5.56 Å². The zero-order chi connectivity index (χ0) is 16.5. The van der Waals surface area contributed by atoms with E-state index in [0.717, 1.165) is 47.0 Å². The lowest BCUT2D eigenvalue weighted by Crippen LogP contribution is -2.35. The number of nitrogens with zero attached hydrogens (tertiary/aromatic N) is 3. The third kappa shape index (κ3) is 3.02. The molecule has 0 fully saturated rings. The fourth-order valence-electron chi connectivity index (χ4n) is 3.02. The van der Waals surface area contributed by atoms with Crippen LogP contribution in [0.2, 0.25) is 0 Å². The quantitative estimate of drug-likeness (QED) is 0.798. The van der Waals surface area contributed by atoms with Crippen LogP contribution in [0, 0.1) is 6.92 Å². The summed E-state index contributed by atoms with van der Waals surface area (Å²) in [4.78, 5) is 26.9. The maximum absolute atomic E-state index is 12.5. The van der Waals surface area contributed by atoms with Crippen LogP contribution >= 0.6 is 11.3 Å². The van der Waals surface area contributed by atoms with Crippen molar-refractivity contribution in [3.63, 3.8) is 0 Å². The Morgan fingerprint density at radius 2 is 2.08 bits per heavy atom. The minimum Gasteiger partial charge on any atom is -0.306 e. The minimum absolute atomic E-state index is 0.0288. The number of fused-ring (bicyclic) bond motifs is 1. The average molecular weight is 338 g/mol. The molecule has 0 aliphatic carbocycles. The summed E-state index contributed by atoms with van der Waals surface area (Å²) in [6.07, 6.45) is 0.795. The van der Waals surface area contributed by atoms with Crippen molar-refractivity contribution in [1.29, 1.82) is 0 Å². The van der Waals surface area contributed by atoms with Crippen LogP contribution in [0.3, 0.4) is 0 Å². The Hall–Kier alpha value is -2.31. The number of H-pyrrole nitrogens is 1. The van der Waals surface area contributed by atoms with Crippen LogP contribution in [0.15, 0.2) is 40.5 Å². The van der Waals surface area contributed by atoms with Crippen LogP contribution in [0.1, 0.15) is 22.0 Å². The van der Waals surface area contributed by atoms with Crippen LogP contribution in [0.25, 0.3) is 11.4 Å². The van der Waals surface area contributed by atoms with Crippen molar-refractivity contribution in [2.24, 2.45) is 0 Å². The van der Waals surface area contributed by atoms with Crippen molar-refractivity contribution in [1.82, 2.24) is 19.9 Å². The first kappa shape index (κ1) is 15.2. The largest absolute Gasteiger partial charge is 0.306 e. The van der Waals surface area contributed by atoms with Crippen molar-refractivity contribution in [3.8, 4) is 11.4 Å². The van der Waals surface area contributed by atoms with E-state index in [1.165, 1.54) is 0 Å². The molecule has 0 spiro atoms. The van der Waals surface area contributed by atoms with Gasteiger partial charge in [0.25, 0.3) is 5.56 Å². The van der Waals surface area contributed by atoms with Crippen molar-refractivity contribution in [3.05, 3.63) is 68.0 Å². The second-order valence-corrected chi connectivity index (χ2v) is 6.99. The van der Waals surface area contributed by atoms with Gasteiger partial charge in [0.05, 0.1) is 17.8 Å². The van der Waals surface area contributed by atoms with Gasteiger partial charge in [-0.05, 0) is 6.92 Å². The summed E-state index contributed by atoms with van der Waals surface area (Å²) in [5.41, 5.74) is 3.68. The zero-order valence-corrected chi connectivity index (χ0v) is 14.3. The number of nitrogens with one attached hydrogen (secondary N) is 1. The van der Waals surface area contributed by atoms with Crippen molar-refractivity contribution in [2.45, 2.75) is 26.4 Å². The normalized spacial score (nSPS) is 14.5. The highest BCUT2D eigenvalue weighted by molar-refractivity contribution is 7.09. The first-order chi connectivity index (χ1) is 11.7. The summed E-state index contributed by atoms with van der Waals surface area (Å²) in [7, 11) is 0. The number of thiazole rings is 1. The predicted octanol–water partition coefficient (Wildman–Crippen LogP) is 2.76. The maximum Gasteiger partial charge on any atom is 0.255 e. The summed E-state index contributed by atoms with van der Waals surface area (Å²) in [6, 6.07) is 9.78. The highest BCUT2D eigenvalue weighted by Gasteiger charge is 2.22. The second kappa shape index (κ2) is 6.30. The van der Waals surface area contributed by atoms with Gasteiger partial charge < -0.3 is 4.98 Å². The Kier molecular flexibility index (Phi) is 4.00. The van der Waals surface area contributed by atoms with Gasteiger partial charge in [0.1, 0.15) is 10.8 Å². The molecule has 0 saturated carbocycles. The molecule has 3 heterocycles. The third-order valence-electron chi connectivity index (χ3n) is 4.22. The first-order valence-electron chi connectivity index (χ1n) is 8.00.